The standard InChI is InChI=1S/C57H105NO5/c1-4-7-10-13-16-19-22-25-28-31-34-37-40-43-46-49-55(60)54(52-59)58-56(61)51-53(48-45-42-39-36-33-30-27-24-21-18-15-12-9-6-3)63-57(62)50-47-44-41-38-35-32-29-26-23-20-17-14-11-8-5-2/h9,12,18,21,27,30,36,39,53-55,59-60H,4-8,10-11,13-17,19-20,22-26,28-29,31-35,37-38,40-52H2,1-3H3,(H,58,61)/b12-9+,21-18+,30-27+,39-36+. The highest BCUT2D eigenvalue weighted by molar-refractivity contribution is 5.77. The second kappa shape index (κ2) is 50.8. The molecule has 0 heterocycles. The van der Waals surface area contributed by atoms with Crippen LogP contribution in [-0.4, -0.2) is 46.9 Å². The number of allylic oxidation sites excluding steroid dienone is 8. The van der Waals surface area contributed by atoms with Crippen LogP contribution >= 0.6 is 0 Å². The third-order valence-electron chi connectivity index (χ3n) is 12.4. The summed E-state index contributed by atoms with van der Waals surface area (Å²) in [7, 11) is 0. The van der Waals surface area contributed by atoms with Gasteiger partial charge in [-0.05, 0) is 57.8 Å². The first-order chi connectivity index (χ1) is 31.0. The zero-order valence-corrected chi connectivity index (χ0v) is 42.0. The number of hydrogen-bond donors (Lipinski definition) is 3. The fourth-order valence-electron chi connectivity index (χ4n) is 8.31. The van der Waals surface area contributed by atoms with Crippen molar-refractivity contribution in [3.8, 4) is 0 Å². The lowest BCUT2D eigenvalue weighted by atomic mass is 10.0. The molecule has 3 atom stereocenters. The van der Waals surface area contributed by atoms with Crippen LogP contribution < -0.4 is 5.32 Å². The molecule has 0 aromatic heterocycles. The number of unbranched alkanes of at least 4 members (excludes halogenated alkanes) is 29. The Morgan fingerprint density at radius 3 is 1.27 bits per heavy atom. The maximum atomic E-state index is 13.2. The first-order valence-electron chi connectivity index (χ1n) is 27.4. The summed E-state index contributed by atoms with van der Waals surface area (Å²) >= 11 is 0. The largest absolute Gasteiger partial charge is 0.462 e. The fraction of sp³-hybridized carbons (Fsp3) is 0.825. The third kappa shape index (κ3) is 46.2. The molecule has 0 rings (SSSR count). The molecule has 6 nitrogen and oxygen atoms in total. The van der Waals surface area contributed by atoms with Crippen molar-refractivity contribution in [2.75, 3.05) is 6.61 Å². The molecule has 0 bridgehead atoms. The van der Waals surface area contributed by atoms with E-state index in [1.54, 1.807) is 0 Å². The van der Waals surface area contributed by atoms with Crippen LogP contribution in [0.5, 0.6) is 0 Å². The van der Waals surface area contributed by atoms with Crippen molar-refractivity contribution in [3.63, 3.8) is 0 Å². The Hall–Kier alpha value is -2.18. The predicted octanol–water partition coefficient (Wildman–Crippen LogP) is 16.6. The van der Waals surface area contributed by atoms with E-state index in [9.17, 15) is 19.8 Å². The molecular formula is C57H105NO5. The maximum Gasteiger partial charge on any atom is 0.306 e. The Kier molecular flexibility index (Phi) is 49.1. The van der Waals surface area contributed by atoms with Gasteiger partial charge in [0, 0.05) is 6.42 Å². The van der Waals surface area contributed by atoms with Gasteiger partial charge in [0.05, 0.1) is 25.2 Å². The number of esters is 1. The van der Waals surface area contributed by atoms with Gasteiger partial charge in [-0.3, -0.25) is 9.59 Å². The second-order valence-electron chi connectivity index (χ2n) is 18.6. The quantitative estimate of drug-likeness (QED) is 0.0321. The Labute approximate surface area is 391 Å². The average molecular weight is 884 g/mol. The van der Waals surface area contributed by atoms with Crippen LogP contribution in [0.25, 0.3) is 0 Å². The van der Waals surface area contributed by atoms with Gasteiger partial charge in [-0.2, -0.15) is 0 Å². The Bertz CT molecular complexity index is 1080. The number of carbonyl (C=O) groups is 2. The van der Waals surface area contributed by atoms with E-state index in [2.05, 4.69) is 74.7 Å². The number of nitrogens with one attached hydrogen (secondary N) is 1. The van der Waals surface area contributed by atoms with Gasteiger partial charge in [-0.25, -0.2) is 0 Å². The van der Waals surface area contributed by atoms with Crippen molar-refractivity contribution in [2.45, 2.75) is 296 Å². The molecule has 0 aliphatic rings. The molecule has 6 heteroatoms. The minimum Gasteiger partial charge on any atom is -0.462 e. The van der Waals surface area contributed by atoms with Gasteiger partial charge < -0.3 is 20.3 Å². The van der Waals surface area contributed by atoms with E-state index in [0.29, 0.717) is 19.3 Å². The molecule has 0 saturated heterocycles. The first-order valence-corrected chi connectivity index (χ1v) is 27.4. The van der Waals surface area contributed by atoms with E-state index in [-0.39, 0.29) is 24.9 Å². The molecule has 0 fully saturated rings. The van der Waals surface area contributed by atoms with Crippen molar-refractivity contribution in [3.05, 3.63) is 48.6 Å². The summed E-state index contributed by atoms with van der Waals surface area (Å²) in [5, 5.41) is 23.8. The number of aliphatic hydroxyl groups is 2. The van der Waals surface area contributed by atoms with Gasteiger partial charge in [0.15, 0.2) is 0 Å². The molecule has 3 N–H and O–H groups in total. The number of ether oxygens (including phenoxy) is 1. The molecule has 0 aliphatic carbocycles. The molecule has 0 aromatic carbocycles. The molecule has 0 saturated carbocycles. The van der Waals surface area contributed by atoms with Gasteiger partial charge in [-0.1, -0.05) is 256 Å². The van der Waals surface area contributed by atoms with Crippen LogP contribution in [0, 0.1) is 0 Å². The molecule has 0 aliphatic heterocycles. The van der Waals surface area contributed by atoms with E-state index in [0.717, 1.165) is 77.0 Å². The summed E-state index contributed by atoms with van der Waals surface area (Å²) in [6.07, 6.45) is 61.8. The lowest BCUT2D eigenvalue weighted by Crippen LogP contribution is -2.46. The molecule has 63 heavy (non-hydrogen) atoms. The molecule has 0 spiro atoms. The van der Waals surface area contributed by atoms with Crippen LogP contribution in [0.3, 0.4) is 0 Å². The SMILES string of the molecule is CC/C=C/C/C=C/C/C=C/C/C=C/CCCC(CC(=O)NC(CO)C(O)CCCCCCCCCCCCCCCCC)OC(=O)CCCCCCCCCCCCCCCCC. The van der Waals surface area contributed by atoms with Crippen LogP contribution in [0.1, 0.15) is 278 Å². The summed E-state index contributed by atoms with van der Waals surface area (Å²) in [5.74, 6) is -0.518. The number of hydrogen-bond acceptors (Lipinski definition) is 5. The number of amides is 1. The third-order valence-corrected chi connectivity index (χ3v) is 12.4. The summed E-state index contributed by atoms with van der Waals surface area (Å²) in [4.78, 5) is 26.2. The molecule has 1 amide bonds. The summed E-state index contributed by atoms with van der Waals surface area (Å²) < 4.78 is 5.92. The van der Waals surface area contributed by atoms with Crippen LogP contribution in [0.2, 0.25) is 0 Å². The van der Waals surface area contributed by atoms with E-state index < -0.39 is 18.2 Å². The zero-order chi connectivity index (χ0) is 45.9. The first kappa shape index (κ1) is 60.8. The number of carbonyl (C=O) groups excluding carboxylic acids is 2. The van der Waals surface area contributed by atoms with E-state index in [1.807, 2.05) is 0 Å². The van der Waals surface area contributed by atoms with Gasteiger partial charge in [0.1, 0.15) is 6.10 Å². The Morgan fingerprint density at radius 2 is 0.857 bits per heavy atom. The fourth-order valence-corrected chi connectivity index (χ4v) is 8.31. The topological polar surface area (TPSA) is 95.9 Å². The van der Waals surface area contributed by atoms with Gasteiger partial charge >= 0.3 is 5.97 Å². The molecule has 3 unspecified atom stereocenters. The molecule has 368 valence electrons. The highest BCUT2D eigenvalue weighted by Gasteiger charge is 2.24. The number of aliphatic hydroxyl groups excluding tert-OH is 2. The van der Waals surface area contributed by atoms with Crippen LogP contribution in [0.15, 0.2) is 48.6 Å². The lowest BCUT2D eigenvalue weighted by molar-refractivity contribution is -0.151. The molecular weight excluding hydrogens is 779 g/mol. The summed E-state index contributed by atoms with van der Waals surface area (Å²) in [6, 6.07) is -0.717. The van der Waals surface area contributed by atoms with Crippen LogP contribution in [-0.2, 0) is 14.3 Å². The van der Waals surface area contributed by atoms with Crippen molar-refractivity contribution in [2.24, 2.45) is 0 Å². The average Bonchev–Trinajstić information content (AvgIpc) is 3.28. The van der Waals surface area contributed by atoms with Crippen molar-refractivity contribution >= 4 is 11.9 Å². The Balaban J connectivity index is 4.60. The van der Waals surface area contributed by atoms with Crippen molar-refractivity contribution in [1.82, 2.24) is 5.32 Å². The monoisotopic (exact) mass is 884 g/mol. The minimum atomic E-state index is -0.801. The zero-order valence-electron chi connectivity index (χ0n) is 42.0. The molecule has 0 aromatic rings. The second-order valence-corrected chi connectivity index (χ2v) is 18.6. The van der Waals surface area contributed by atoms with E-state index in [4.69, 9.17) is 4.74 Å². The smallest absolute Gasteiger partial charge is 0.306 e. The van der Waals surface area contributed by atoms with E-state index >= 15 is 0 Å². The van der Waals surface area contributed by atoms with Gasteiger partial charge in [-0.15, -0.1) is 0 Å². The van der Waals surface area contributed by atoms with Crippen molar-refractivity contribution in [1.29, 1.82) is 0 Å². The minimum absolute atomic E-state index is 0.0426. The van der Waals surface area contributed by atoms with Crippen LogP contribution in [0.4, 0.5) is 0 Å². The highest BCUT2D eigenvalue weighted by atomic mass is 16.5. The predicted molar refractivity (Wildman–Crippen MR) is 273 cm³/mol. The highest BCUT2D eigenvalue weighted by Crippen LogP contribution is 2.18. The molecule has 0 radical (unpaired) electrons. The van der Waals surface area contributed by atoms with Crippen molar-refractivity contribution < 1.29 is 24.5 Å². The van der Waals surface area contributed by atoms with E-state index in [1.165, 1.54) is 154 Å². The normalized spacial score (nSPS) is 13.5. The summed E-state index contributed by atoms with van der Waals surface area (Å²) in [5.41, 5.74) is 0. The maximum absolute atomic E-state index is 13.2. The lowest BCUT2D eigenvalue weighted by Gasteiger charge is -2.24. The summed E-state index contributed by atoms with van der Waals surface area (Å²) in [6.45, 7) is 6.38. The van der Waals surface area contributed by atoms with Gasteiger partial charge in [0.2, 0.25) is 5.91 Å². The van der Waals surface area contributed by atoms with Gasteiger partial charge in [0.25, 0.3) is 0 Å². The number of rotatable bonds is 49. The Morgan fingerprint density at radius 1 is 0.476 bits per heavy atom.